The molecule has 1 heterocycles. The van der Waals surface area contributed by atoms with Crippen molar-refractivity contribution in [3.05, 3.63) is 97.2 Å². The van der Waals surface area contributed by atoms with E-state index in [1.165, 1.54) is 205 Å². The Morgan fingerprint density at radius 3 is 1.17 bits per heavy atom. The molecule has 1 amide bonds. The summed E-state index contributed by atoms with van der Waals surface area (Å²) in [7, 11) is 0. The predicted molar refractivity (Wildman–Crippen MR) is 350 cm³/mol. The molecule has 0 spiro atoms. The van der Waals surface area contributed by atoms with Crippen LogP contribution < -0.4 is 5.32 Å². The highest BCUT2D eigenvalue weighted by Crippen LogP contribution is 2.23. The number of nitrogens with one attached hydrogen (secondary N) is 1. The standard InChI is InChI=1S/C73H129NO8/c1-3-5-7-9-11-13-15-17-19-21-23-25-26-27-28-29-30-31-32-33-34-35-36-37-38-39-40-41-42-43-45-47-49-51-53-55-57-59-61-63-69(77)74-66(65-81-73-72(80)71(79)70(78)68(64-75)82-73)67(76)62-60-58-56-54-52-50-48-46-44-24-22-20-18-16-14-12-10-8-6-4-2/h5,7,11,13,17,19,23,25,27-28,44,46,52,54,60,62,66-68,70-73,75-76,78-80H,3-4,6,8-10,12,14-16,18,20-22,24,26,29-43,45,47-51,53,55-59,61,63-65H2,1-2H3,(H,74,77)/b7-5-,13-11-,19-17-,25-23-,28-27-,46-44+,54-52+,62-60+. The Morgan fingerprint density at radius 1 is 0.427 bits per heavy atom. The third-order valence-electron chi connectivity index (χ3n) is 15.9. The molecule has 0 aromatic carbocycles. The van der Waals surface area contributed by atoms with E-state index in [-0.39, 0.29) is 12.5 Å². The zero-order valence-electron chi connectivity index (χ0n) is 53.0. The topological polar surface area (TPSA) is 149 Å². The minimum atomic E-state index is -1.58. The fraction of sp³-hybridized carbons (Fsp3) is 0.767. The second-order valence-corrected chi connectivity index (χ2v) is 23.6. The van der Waals surface area contributed by atoms with Crippen molar-refractivity contribution >= 4 is 5.91 Å². The molecule has 0 aliphatic carbocycles. The quantitative estimate of drug-likeness (QED) is 0.0261. The van der Waals surface area contributed by atoms with Crippen LogP contribution in [-0.4, -0.2) is 87.5 Å². The van der Waals surface area contributed by atoms with Crippen LogP contribution in [0.2, 0.25) is 0 Å². The van der Waals surface area contributed by atoms with Crippen molar-refractivity contribution in [3.8, 4) is 0 Å². The lowest BCUT2D eigenvalue weighted by Gasteiger charge is -2.40. The highest BCUT2D eigenvalue weighted by Gasteiger charge is 2.44. The number of rotatable bonds is 59. The van der Waals surface area contributed by atoms with Crippen LogP contribution in [0.25, 0.3) is 0 Å². The summed E-state index contributed by atoms with van der Waals surface area (Å²) in [5.41, 5.74) is 0. The van der Waals surface area contributed by atoms with Gasteiger partial charge in [-0.2, -0.15) is 0 Å². The molecule has 1 rings (SSSR count). The molecule has 1 aliphatic rings. The normalized spacial score (nSPS) is 18.9. The van der Waals surface area contributed by atoms with Gasteiger partial charge >= 0.3 is 0 Å². The van der Waals surface area contributed by atoms with Gasteiger partial charge in [-0.25, -0.2) is 0 Å². The van der Waals surface area contributed by atoms with Gasteiger partial charge in [0.15, 0.2) is 6.29 Å². The van der Waals surface area contributed by atoms with Crippen LogP contribution in [0, 0.1) is 0 Å². The molecule has 9 nitrogen and oxygen atoms in total. The van der Waals surface area contributed by atoms with Crippen molar-refractivity contribution in [1.82, 2.24) is 5.32 Å². The third-order valence-corrected chi connectivity index (χ3v) is 15.9. The summed E-state index contributed by atoms with van der Waals surface area (Å²) in [6, 6.07) is -0.832. The zero-order valence-corrected chi connectivity index (χ0v) is 53.0. The van der Waals surface area contributed by atoms with Crippen LogP contribution in [0.4, 0.5) is 0 Å². The summed E-state index contributed by atoms with van der Waals surface area (Å²) in [4.78, 5) is 13.1. The Morgan fingerprint density at radius 2 is 0.768 bits per heavy atom. The maximum atomic E-state index is 13.1. The SMILES string of the molecule is CC/C=C\C/C=C\C/C=C\C/C=C\C/C=C\CCCCCCCCCCCCCCCCCCCCCCCCCC(=O)NC(COC1OC(CO)C(O)C(O)C1O)C(O)/C=C/CC/C=C/CC/C=C/CCCCCCCCCCCC. The van der Waals surface area contributed by atoms with Crippen LogP contribution in [0.3, 0.4) is 0 Å². The largest absolute Gasteiger partial charge is 0.394 e. The van der Waals surface area contributed by atoms with Gasteiger partial charge in [0, 0.05) is 6.42 Å². The number of hydrogen-bond acceptors (Lipinski definition) is 8. The number of hydrogen-bond donors (Lipinski definition) is 6. The molecule has 0 aromatic rings. The van der Waals surface area contributed by atoms with E-state index >= 15 is 0 Å². The Kier molecular flexibility index (Phi) is 57.6. The highest BCUT2D eigenvalue weighted by molar-refractivity contribution is 5.76. The molecule has 474 valence electrons. The lowest BCUT2D eigenvalue weighted by atomic mass is 9.99. The van der Waals surface area contributed by atoms with E-state index in [9.17, 15) is 30.3 Å². The highest BCUT2D eigenvalue weighted by atomic mass is 16.7. The fourth-order valence-corrected chi connectivity index (χ4v) is 10.5. The van der Waals surface area contributed by atoms with Gasteiger partial charge < -0.3 is 40.3 Å². The minimum absolute atomic E-state index is 0.188. The van der Waals surface area contributed by atoms with Crippen molar-refractivity contribution in [1.29, 1.82) is 0 Å². The molecular formula is C73H129NO8. The number of ether oxygens (including phenoxy) is 2. The van der Waals surface area contributed by atoms with Gasteiger partial charge in [0.2, 0.25) is 5.91 Å². The van der Waals surface area contributed by atoms with Crippen LogP contribution in [0.1, 0.15) is 303 Å². The van der Waals surface area contributed by atoms with Crippen LogP contribution in [0.5, 0.6) is 0 Å². The molecule has 82 heavy (non-hydrogen) atoms. The van der Waals surface area contributed by atoms with Gasteiger partial charge in [0.1, 0.15) is 24.4 Å². The van der Waals surface area contributed by atoms with Crippen molar-refractivity contribution < 1.29 is 39.8 Å². The summed E-state index contributed by atoms with van der Waals surface area (Å²) in [6.07, 6.45) is 82.3. The van der Waals surface area contributed by atoms with Gasteiger partial charge in [-0.15, -0.1) is 0 Å². The zero-order chi connectivity index (χ0) is 59.3. The molecule has 0 saturated carbocycles. The molecule has 1 saturated heterocycles. The van der Waals surface area contributed by atoms with E-state index in [4.69, 9.17) is 9.47 Å². The summed E-state index contributed by atoms with van der Waals surface area (Å²) < 4.78 is 11.3. The Hall–Kier alpha value is -2.89. The maximum absolute atomic E-state index is 13.1. The first-order chi connectivity index (χ1) is 40.3. The molecule has 0 aromatic heterocycles. The van der Waals surface area contributed by atoms with E-state index in [1.807, 2.05) is 6.08 Å². The average molecular weight is 1150 g/mol. The second kappa shape index (κ2) is 61.2. The summed E-state index contributed by atoms with van der Waals surface area (Å²) in [5.74, 6) is -0.188. The first-order valence-electron chi connectivity index (χ1n) is 34.5. The van der Waals surface area contributed by atoms with Crippen molar-refractivity contribution in [2.45, 2.75) is 346 Å². The Labute approximate surface area is 504 Å². The average Bonchev–Trinajstić information content (AvgIpc) is 3.52. The predicted octanol–water partition coefficient (Wildman–Crippen LogP) is 18.7. The van der Waals surface area contributed by atoms with E-state index in [0.29, 0.717) is 6.42 Å². The summed E-state index contributed by atoms with van der Waals surface area (Å²) in [6.45, 7) is 3.66. The molecular weight excluding hydrogens is 1020 g/mol. The monoisotopic (exact) mass is 1150 g/mol. The number of carbonyl (C=O) groups excluding carboxylic acids is 1. The van der Waals surface area contributed by atoms with Crippen LogP contribution >= 0.6 is 0 Å². The van der Waals surface area contributed by atoms with Crippen molar-refractivity contribution in [3.63, 3.8) is 0 Å². The van der Waals surface area contributed by atoms with Gasteiger partial charge in [0.05, 0.1) is 25.4 Å². The molecule has 0 bridgehead atoms. The third kappa shape index (κ3) is 49.4. The molecule has 1 aliphatic heterocycles. The van der Waals surface area contributed by atoms with Crippen molar-refractivity contribution in [2.75, 3.05) is 13.2 Å². The molecule has 9 heteroatoms. The number of unbranched alkanes of at least 4 members (excludes halogenated alkanes) is 35. The van der Waals surface area contributed by atoms with Gasteiger partial charge in [-0.3, -0.25) is 4.79 Å². The smallest absolute Gasteiger partial charge is 0.220 e. The molecule has 0 radical (unpaired) electrons. The van der Waals surface area contributed by atoms with E-state index in [2.05, 4.69) is 104 Å². The fourth-order valence-electron chi connectivity index (χ4n) is 10.5. The Bertz CT molecular complexity index is 1620. The molecule has 1 fully saturated rings. The van der Waals surface area contributed by atoms with Crippen LogP contribution in [-0.2, 0) is 14.3 Å². The lowest BCUT2D eigenvalue weighted by molar-refractivity contribution is -0.302. The number of allylic oxidation sites excluding steroid dienone is 15. The number of aliphatic hydroxyl groups excluding tert-OH is 5. The first kappa shape index (κ1) is 77.1. The lowest BCUT2D eigenvalue weighted by Crippen LogP contribution is -2.60. The van der Waals surface area contributed by atoms with Gasteiger partial charge in [-0.1, -0.05) is 304 Å². The summed E-state index contributed by atoms with van der Waals surface area (Å²) in [5, 5.41) is 54.6. The second-order valence-electron chi connectivity index (χ2n) is 23.6. The summed E-state index contributed by atoms with van der Waals surface area (Å²) >= 11 is 0. The maximum Gasteiger partial charge on any atom is 0.220 e. The molecule has 6 N–H and O–H groups in total. The van der Waals surface area contributed by atoms with E-state index in [1.54, 1.807) is 6.08 Å². The number of aliphatic hydroxyl groups is 5. The van der Waals surface area contributed by atoms with Crippen LogP contribution in [0.15, 0.2) is 97.2 Å². The van der Waals surface area contributed by atoms with Gasteiger partial charge in [-0.05, 0) is 89.9 Å². The first-order valence-corrected chi connectivity index (χ1v) is 34.5. The van der Waals surface area contributed by atoms with E-state index in [0.717, 1.165) is 77.0 Å². The number of amides is 1. The minimum Gasteiger partial charge on any atom is -0.394 e. The van der Waals surface area contributed by atoms with Crippen molar-refractivity contribution in [2.24, 2.45) is 0 Å². The molecule has 7 unspecified atom stereocenters. The van der Waals surface area contributed by atoms with E-state index < -0.39 is 49.5 Å². The molecule has 7 atom stereocenters. The van der Waals surface area contributed by atoms with Gasteiger partial charge in [0.25, 0.3) is 0 Å². The Balaban J connectivity index is 2.10. The number of carbonyl (C=O) groups is 1.